The van der Waals surface area contributed by atoms with Crippen LogP contribution in [0.1, 0.15) is 38.8 Å². The maximum atomic E-state index is 14.4. The Morgan fingerprint density at radius 1 is 0.955 bits per heavy atom. The molecule has 4 rings (SSSR count). The third kappa shape index (κ3) is 8.58. The molecule has 236 valence electrons. The van der Waals surface area contributed by atoms with Crippen LogP contribution in [0.4, 0.5) is 5.69 Å². The van der Waals surface area contributed by atoms with Crippen molar-refractivity contribution >= 4 is 50.7 Å². The highest BCUT2D eigenvalue weighted by molar-refractivity contribution is 7.92. The zero-order chi connectivity index (χ0) is 32.1. The number of hydrogen-bond donors (Lipinski definition) is 1. The number of ether oxygens (including phenoxy) is 2. The van der Waals surface area contributed by atoms with Crippen LogP contribution in [0.3, 0.4) is 0 Å². The molecule has 1 atom stereocenters. The maximum absolute atomic E-state index is 14.4. The van der Waals surface area contributed by atoms with E-state index in [-0.39, 0.29) is 30.3 Å². The molecule has 0 saturated heterocycles. The first-order valence-corrected chi connectivity index (χ1v) is 16.6. The number of sulfonamides is 1. The summed E-state index contributed by atoms with van der Waals surface area (Å²) in [6.45, 7) is 7.13. The summed E-state index contributed by atoms with van der Waals surface area (Å²) in [6, 6.07) is 18.0. The van der Waals surface area contributed by atoms with Gasteiger partial charge in [0.1, 0.15) is 25.8 Å². The van der Waals surface area contributed by atoms with Crippen molar-refractivity contribution in [1.82, 2.24) is 10.2 Å². The highest BCUT2D eigenvalue weighted by Crippen LogP contribution is 2.35. The monoisotopic (exact) mass is 661 g/mol. The molecule has 0 aliphatic carbocycles. The Morgan fingerprint density at radius 3 is 2.27 bits per heavy atom. The van der Waals surface area contributed by atoms with E-state index in [4.69, 9.17) is 32.7 Å². The summed E-state index contributed by atoms with van der Waals surface area (Å²) in [4.78, 5) is 29.7. The molecule has 9 nitrogen and oxygen atoms in total. The van der Waals surface area contributed by atoms with Crippen LogP contribution in [0.15, 0.2) is 66.7 Å². The Labute approximate surface area is 269 Å². The molecular formula is C32H37Cl2N3O6S. The van der Waals surface area contributed by atoms with Gasteiger partial charge in [-0.1, -0.05) is 59.6 Å². The van der Waals surface area contributed by atoms with Gasteiger partial charge in [-0.2, -0.15) is 0 Å². The van der Waals surface area contributed by atoms with Crippen LogP contribution < -0.4 is 19.1 Å². The van der Waals surface area contributed by atoms with Crippen LogP contribution in [0.2, 0.25) is 10.0 Å². The average Bonchev–Trinajstić information content (AvgIpc) is 2.97. The van der Waals surface area contributed by atoms with Crippen molar-refractivity contribution < 1.29 is 27.5 Å². The number of carbonyl (C=O) groups excluding carboxylic acids is 2. The molecule has 0 bridgehead atoms. The van der Waals surface area contributed by atoms with Crippen LogP contribution in [0, 0.1) is 0 Å². The van der Waals surface area contributed by atoms with Crippen molar-refractivity contribution in [3.05, 3.63) is 87.9 Å². The smallest absolute Gasteiger partial charge is 0.244 e. The zero-order valence-corrected chi connectivity index (χ0v) is 27.5. The van der Waals surface area contributed by atoms with Crippen LogP contribution in [-0.2, 0) is 32.6 Å². The third-order valence-corrected chi connectivity index (χ3v) is 9.25. The molecular weight excluding hydrogens is 625 g/mol. The number of carbonyl (C=O) groups is 2. The lowest BCUT2D eigenvalue weighted by Gasteiger charge is -2.35. The molecule has 44 heavy (non-hydrogen) atoms. The van der Waals surface area contributed by atoms with E-state index >= 15 is 0 Å². The van der Waals surface area contributed by atoms with Crippen molar-refractivity contribution in [3.8, 4) is 11.5 Å². The van der Waals surface area contributed by atoms with Crippen molar-refractivity contribution in [3.63, 3.8) is 0 Å². The fourth-order valence-electron chi connectivity index (χ4n) is 4.75. The second kappa shape index (κ2) is 14.1. The largest absolute Gasteiger partial charge is 0.486 e. The first-order valence-electron chi connectivity index (χ1n) is 14.3. The molecule has 0 aromatic heterocycles. The number of rotatable bonds is 11. The van der Waals surface area contributed by atoms with Crippen LogP contribution >= 0.6 is 23.2 Å². The van der Waals surface area contributed by atoms with Crippen LogP contribution in [0.5, 0.6) is 11.5 Å². The number of fused-ring (bicyclic) bond motifs is 1. The minimum atomic E-state index is -3.94. The molecule has 1 heterocycles. The minimum absolute atomic E-state index is 0.0644. The fraction of sp³-hybridized carbons (Fsp3) is 0.375. The van der Waals surface area contributed by atoms with Crippen molar-refractivity contribution in [2.45, 2.75) is 52.2 Å². The predicted octanol–water partition coefficient (Wildman–Crippen LogP) is 5.48. The molecule has 12 heteroatoms. The van der Waals surface area contributed by atoms with Gasteiger partial charge in [-0.25, -0.2) is 8.42 Å². The highest BCUT2D eigenvalue weighted by atomic mass is 35.5. The van der Waals surface area contributed by atoms with Gasteiger partial charge in [0.05, 0.1) is 11.4 Å². The molecule has 0 radical (unpaired) electrons. The van der Waals surface area contributed by atoms with Crippen LogP contribution in [0.25, 0.3) is 0 Å². The van der Waals surface area contributed by atoms with Gasteiger partial charge in [0, 0.05) is 34.6 Å². The zero-order valence-electron chi connectivity index (χ0n) is 25.2. The van der Waals surface area contributed by atoms with Gasteiger partial charge >= 0.3 is 0 Å². The Kier molecular flexibility index (Phi) is 10.7. The van der Waals surface area contributed by atoms with E-state index in [1.807, 2.05) is 51.1 Å². The topological polar surface area (TPSA) is 105 Å². The van der Waals surface area contributed by atoms with E-state index in [0.29, 0.717) is 40.3 Å². The van der Waals surface area contributed by atoms with Gasteiger partial charge in [0.15, 0.2) is 11.5 Å². The van der Waals surface area contributed by atoms with Gasteiger partial charge in [0.2, 0.25) is 21.8 Å². The fourth-order valence-corrected chi connectivity index (χ4v) is 6.27. The van der Waals surface area contributed by atoms with Gasteiger partial charge in [-0.3, -0.25) is 13.9 Å². The lowest BCUT2D eigenvalue weighted by molar-refractivity contribution is -0.140. The van der Waals surface area contributed by atoms with E-state index in [2.05, 4.69) is 5.32 Å². The predicted molar refractivity (Wildman–Crippen MR) is 173 cm³/mol. The molecule has 3 aromatic rings. The minimum Gasteiger partial charge on any atom is -0.486 e. The third-order valence-electron chi connectivity index (χ3n) is 6.92. The van der Waals surface area contributed by atoms with Crippen molar-refractivity contribution in [2.75, 3.05) is 29.8 Å². The van der Waals surface area contributed by atoms with Crippen LogP contribution in [-0.4, -0.2) is 62.2 Å². The number of nitrogens with zero attached hydrogens (tertiary/aromatic N) is 2. The summed E-state index contributed by atoms with van der Waals surface area (Å²) in [5.41, 5.74) is 1.02. The Bertz CT molecular complexity index is 1600. The molecule has 1 N–H and O–H groups in total. The number of halogens is 2. The first-order chi connectivity index (χ1) is 20.8. The van der Waals surface area contributed by atoms with E-state index in [1.165, 1.54) is 11.8 Å². The van der Waals surface area contributed by atoms with Gasteiger partial charge in [0.25, 0.3) is 0 Å². The van der Waals surface area contributed by atoms with Gasteiger partial charge in [-0.05, 0) is 63.1 Å². The van der Waals surface area contributed by atoms with Gasteiger partial charge in [-0.15, -0.1) is 0 Å². The number of anilines is 1. The first kappa shape index (κ1) is 33.4. The van der Waals surface area contributed by atoms with E-state index in [1.54, 1.807) is 36.4 Å². The molecule has 2 amide bonds. The van der Waals surface area contributed by atoms with E-state index < -0.39 is 34.1 Å². The molecule has 0 spiro atoms. The molecule has 0 saturated carbocycles. The average molecular weight is 663 g/mol. The quantitative estimate of drug-likeness (QED) is 0.292. The Hall–Kier alpha value is -3.47. The summed E-state index contributed by atoms with van der Waals surface area (Å²) < 4.78 is 39.2. The Morgan fingerprint density at radius 2 is 1.64 bits per heavy atom. The summed E-state index contributed by atoms with van der Waals surface area (Å²) in [5, 5.41) is 3.73. The number of benzene rings is 3. The lowest BCUT2D eigenvalue weighted by Crippen LogP contribution is -2.56. The van der Waals surface area contributed by atoms with E-state index in [0.717, 1.165) is 9.87 Å². The Balaban J connectivity index is 1.78. The highest BCUT2D eigenvalue weighted by Gasteiger charge is 2.35. The lowest BCUT2D eigenvalue weighted by atomic mass is 10.0. The molecule has 3 aromatic carbocycles. The molecule has 0 fully saturated rings. The van der Waals surface area contributed by atoms with Crippen molar-refractivity contribution in [1.29, 1.82) is 0 Å². The van der Waals surface area contributed by atoms with Gasteiger partial charge < -0.3 is 19.7 Å². The van der Waals surface area contributed by atoms with Crippen molar-refractivity contribution in [2.24, 2.45) is 0 Å². The maximum Gasteiger partial charge on any atom is 0.244 e. The number of nitrogens with one attached hydrogen (secondary N) is 1. The molecule has 1 aliphatic rings. The summed E-state index contributed by atoms with van der Waals surface area (Å²) >= 11 is 12.7. The second-order valence-corrected chi connectivity index (χ2v) is 14.5. The molecule has 1 aliphatic heterocycles. The second-order valence-electron chi connectivity index (χ2n) is 11.4. The standard InChI is InChI=1S/C32H37Cl2N3O6S/c1-5-44(40,41)37(25-13-14-28-29(19-25)43-16-15-42-28)21-30(38)36(20-23-11-12-24(33)18-26(23)34)27(31(39)35-32(2,3)4)17-22-9-7-6-8-10-22/h6-14,18-19,27H,5,15-17,20-21H2,1-4H3,(H,35,39). The number of amides is 2. The molecule has 1 unspecified atom stereocenters. The van der Waals surface area contributed by atoms with E-state index in [9.17, 15) is 18.0 Å². The summed E-state index contributed by atoms with van der Waals surface area (Å²) in [7, 11) is -3.94. The number of hydrogen-bond acceptors (Lipinski definition) is 6. The summed E-state index contributed by atoms with van der Waals surface area (Å²) in [6.07, 6.45) is 0.185. The SMILES string of the molecule is CCS(=O)(=O)N(CC(=O)N(Cc1ccc(Cl)cc1Cl)C(Cc1ccccc1)C(=O)NC(C)(C)C)c1ccc2c(c1)OCCO2. The normalized spacial score (nSPS) is 13.6. The summed E-state index contributed by atoms with van der Waals surface area (Å²) in [5.74, 6) is -0.359.